The summed E-state index contributed by atoms with van der Waals surface area (Å²) in [4.78, 5) is 12.4. The smallest absolute Gasteiger partial charge is 0.267 e. The zero-order chi connectivity index (χ0) is 21.9. The van der Waals surface area contributed by atoms with Crippen LogP contribution in [0.25, 0.3) is 0 Å². The highest BCUT2D eigenvalue weighted by Gasteiger charge is 2.11. The highest BCUT2D eigenvalue weighted by Crippen LogP contribution is 2.28. The highest BCUT2D eigenvalue weighted by molar-refractivity contribution is 14.1. The van der Waals surface area contributed by atoms with Crippen molar-refractivity contribution >= 4 is 34.2 Å². The third-order valence-electron chi connectivity index (χ3n) is 4.21. The Hall–Kier alpha value is -2.73. The highest BCUT2D eigenvalue weighted by atomic mass is 127. The Morgan fingerprint density at radius 1 is 1.13 bits per heavy atom. The van der Waals surface area contributed by atoms with Gasteiger partial charge in [0.2, 0.25) is 0 Å². The first-order valence-corrected chi connectivity index (χ1v) is 10.9. The molecular formula is C23H26IN3O3. The van der Waals surface area contributed by atoms with E-state index in [1.807, 2.05) is 63.2 Å². The van der Waals surface area contributed by atoms with Gasteiger partial charge in [0.15, 0.2) is 11.5 Å². The molecule has 0 aliphatic rings. The third kappa shape index (κ3) is 6.95. The fourth-order valence-electron chi connectivity index (χ4n) is 2.75. The molecule has 0 radical (unpaired) electrons. The number of halogens is 1. The molecule has 158 valence electrons. The standard InChI is InChI=1S/C23H26IN3O3/c1-4-29-21-9-6-17(13-22(21)30-5-2)10-11-26-15-18(14-25)23(28)27-20-8-7-19(24)12-16(20)3/h6-9,12-13,15,26H,4-5,10-11H2,1-3H3,(H,27,28)/b18-15-. The first-order valence-electron chi connectivity index (χ1n) is 9.78. The maximum absolute atomic E-state index is 12.4. The van der Waals surface area contributed by atoms with Crippen molar-refractivity contribution in [2.75, 3.05) is 25.1 Å². The van der Waals surface area contributed by atoms with Crippen molar-refractivity contribution in [3.05, 3.63) is 62.9 Å². The van der Waals surface area contributed by atoms with Gasteiger partial charge in [-0.2, -0.15) is 5.26 Å². The molecule has 2 rings (SSSR count). The molecule has 0 bridgehead atoms. The Labute approximate surface area is 191 Å². The fraction of sp³-hybridized carbons (Fsp3) is 0.304. The molecule has 0 unspecified atom stereocenters. The molecule has 0 saturated heterocycles. The summed E-state index contributed by atoms with van der Waals surface area (Å²) in [6, 6.07) is 13.5. The normalized spacial score (nSPS) is 10.8. The van der Waals surface area contributed by atoms with Crippen molar-refractivity contribution in [3.63, 3.8) is 0 Å². The first-order chi connectivity index (χ1) is 14.5. The van der Waals surface area contributed by atoms with Crippen LogP contribution in [0.15, 0.2) is 48.2 Å². The van der Waals surface area contributed by atoms with Gasteiger partial charge in [0.25, 0.3) is 5.91 Å². The molecule has 6 nitrogen and oxygen atoms in total. The largest absolute Gasteiger partial charge is 0.490 e. The minimum atomic E-state index is -0.436. The first kappa shape index (κ1) is 23.5. The number of carbonyl (C=O) groups is 1. The molecular weight excluding hydrogens is 493 g/mol. The SMILES string of the molecule is CCOc1ccc(CCN/C=C(/C#N)C(=O)Nc2ccc(I)cc2C)cc1OCC. The van der Waals surface area contributed by atoms with Gasteiger partial charge in [0, 0.05) is 22.0 Å². The van der Waals surface area contributed by atoms with E-state index < -0.39 is 5.91 Å². The number of nitrogens with zero attached hydrogens (tertiary/aromatic N) is 1. The van der Waals surface area contributed by atoms with Gasteiger partial charge in [0.05, 0.1) is 13.2 Å². The van der Waals surface area contributed by atoms with Gasteiger partial charge < -0.3 is 20.1 Å². The van der Waals surface area contributed by atoms with Crippen LogP contribution in [-0.4, -0.2) is 25.7 Å². The second-order valence-corrected chi connectivity index (χ2v) is 7.68. The van der Waals surface area contributed by atoms with Crippen LogP contribution in [0.4, 0.5) is 5.69 Å². The minimum Gasteiger partial charge on any atom is -0.490 e. The average molecular weight is 519 g/mol. The Morgan fingerprint density at radius 2 is 1.87 bits per heavy atom. The summed E-state index contributed by atoms with van der Waals surface area (Å²) >= 11 is 2.21. The van der Waals surface area contributed by atoms with E-state index in [4.69, 9.17) is 9.47 Å². The van der Waals surface area contributed by atoms with Crippen LogP contribution >= 0.6 is 22.6 Å². The second kappa shape index (κ2) is 12.1. The Morgan fingerprint density at radius 3 is 2.53 bits per heavy atom. The molecule has 0 heterocycles. The monoisotopic (exact) mass is 519 g/mol. The number of nitrogens with one attached hydrogen (secondary N) is 2. The van der Waals surface area contributed by atoms with Crippen molar-refractivity contribution in [2.45, 2.75) is 27.2 Å². The number of rotatable bonds is 10. The molecule has 30 heavy (non-hydrogen) atoms. The van der Waals surface area contributed by atoms with Crippen LogP contribution in [0.2, 0.25) is 0 Å². The van der Waals surface area contributed by atoms with Gasteiger partial charge in [0.1, 0.15) is 11.6 Å². The van der Waals surface area contributed by atoms with Crippen molar-refractivity contribution in [3.8, 4) is 17.6 Å². The number of nitriles is 1. The lowest BCUT2D eigenvalue weighted by atomic mass is 10.1. The van der Waals surface area contributed by atoms with E-state index in [0.717, 1.165) is 26.2 Å². The summed E-state index contributed by atoms with van der Waals surface area (Å²) in [6.45, 7) is 7.49. The maximum Gasteiger partial charge on any atom is 0.267 e. The Bertz CT molecular complexity index is 951. The van der Waals surface area contributed by atoms with E-state index in [2.05, 4.69) is 33.2 Å². The molecule has 0 spiro atoms. The number of carbonyl (C=O) groups excluding carboxylic acids is 1. The van der Waals surface area contributed by atoms with Gasteiger partial charge >= 0.3 is 0 Å². The summed E-state index contributed by atoms with van der Waals surface area (Å²) in [7, 11) is 0. The number of benzene rings is 2. The number of ether oxygens (including phenoxy) is 2. The summed E-state index contributed by atoms with van der Waals surface area (Å²) in [6.07, 6.45) is 2.16. The van der Waals surface area contributed by atoms with Crippen molar-refractivity contribution in [2.24, 2.45) is 0 Å². The minimum absolute atomic E-state index is 0.0228. The zero-order valence-electron chi connectivity index (χ0n) is 17.4. The van der Waals surface area contributed by atoms with Crippen LogP contribution in [0.5, 0.6) is 11.5 Å². The number of anilines is 1. The van der Waals surface area contributed by atoms with Gasteiger partial charge in [-0.3, -0.25) is 4.79 Å². The topological polar surface area (TPSA) is 83.4 Å². The zero-order valence-corrected chi connectivity index (χ0v) is 19.6. The van der Waals surface area contributed by atoms with Gasteiger partial charge in [-0.15, -0.1) is 0 Å². The van der Waals surface area contributed by atoms with Crippen LogP contribution in [-0.2, 0) is 11.2 Å². The van der Waals surface area contributed by atoms with E-state index >= 15 is 0 Å². The molecule has 2 N–H and O–H groups in total. The van der Waals surface area contributed by atoms with Crippen molar-refractivity contribution in [1.29, 1.82) is 5.26 Å². The van der Waals surface area contributed by atoms with Gasteiger partial charge in [-0.1, -0.05) is 6.07 Å². The van der Waals surface area contributed by atoms with E-state index in [9.17, 15) is 10.1 Å². The summed E-state index contributed by atoms with van der Waals surface area (Å²) in [5.41, 5.74) is 2.73. The molecule has 0 atom stereocenters. The van der Waals surface area contributed by atoms with E-state index in [1.54, 1.807) is 0 Å². The Balaban J connectivity index is 1.95. The molecule has 7 heteroatoms. The van der Waals surface area contributed by atoms with Crippen LogP contribution in [0.1, 0.15) is 25.0 Å². The van der Waals surface area contributed by atoms with Crippen LogP contribution < -0.4 is 20.1 Å². The quantitative estimate of drug-likeness (QED) is 0.208. The lowest BCUT2D eigenvalue weighted by molar-refractivity contribution is -0.112. The van der Waals surface area contributed by atoms with Crippen molar-refractivity contribution in [1.82, 2.24) is 5.32 Å². The number of hydrogen-bond acceptors (Lipinski definition) is 5. The third-order valence-corrected chi connectivity index (χ3v) is 4.88. The summed E-state index contributed by atoms with van der Waals surface area (Å²) < 4.78 is 12.3. The molecule has 2 aromatic carbocycles. The molecule has 0 aliphatic heterocycles. The fourth-order valence-corrected chi connectivity index (χ4v) is 3.39. The van der Waals surface area contributed by atoms with Gasteiger partial charge in [-0.05, 0) is 91.2 Å². The van der Waals surface area contributed by atoms with E-state index in [1.165, 1.54) is 6.20 Å². The molecule has 0 fully saturated rings. The molecule has 1 amide bonds. The second-order valence-electron chi connectivity index (χ2n) is 6.43. The number of amides is 1. The predicted octanol–water partition coefficient (Wildman–Crippen LogP) is 4.58. The van der Waals surface area contributed by atoms with Crippen molar-refractivity contribution < 1.29 is 14.3 Å². The predicted molar refractivity (Wildman–Crippen MR) is 127 cm³/mol. The van der Waals surface area contributed by atoms with E-state index in [0.29, 0.717) is 31.9 Å². The maximum atomic E-state index is 12.4. The van der Waals surface area contributed by atoms with Crippen LogP contribution in [0, 0.1) is 21.8 Å². The molecule has 0 saturated carbocycles. The number of aryl methyl sites for hydroxylation is 1. The Kier molecular flexibility index (Phi) is 9.48. The molecule has 0 aliphatic carbocycles. The molecule has 2 aromatic rings. The van der Waals surface area contributed by atoms with Crippen LogP contribution in [0.3, 0.4) is 0 Å². The summed E-state index contributed by atoms with van der Waals surface area (Å²) in [5, 5.41) is 15.2. The number of hydrogen-bond donors (Lipinski definition) is 2. The lowest BCUT2D eigenvalue weighted by Gasteiger charge is -2.12. The lowest BCUT2D eigenvalue weighted by Crippen LogP contribution is -2.18. The van der Waals surface area contributed by atoms with Gasteiger partial charge in [-0.25, -0.2) is 0 Å². The van der Waals surface area contributed by atoms with E-state index in [-0.39, 0.29) is 5.57 Å². The average Bonchev–Trinajstić information content (AvgIpc) is 2.72. The molecule has 0 aromatic heterocycles. The summed E-state index contributed by atoms with van der Waals surface area (Å²) in [5.74, 6) is 1.01.